The molecular weight excluding hydrogens is 167 g/mol. The predicted octanol–water partition coefficient (Wildman–Crippen LogP) is -0.0143. The fourth-order valence-electron chi connectivity index (χ4n) is 0.181. The maximum absolute atomic E-state index is 9.75. The molecule has 62 valence electrons. The third kappa shape index (κ3) is 17.7. The Labute approximate surface area is 58.7 Å². The summed E-state index contributed by atoms with van der Waals surface area (Å²) in [6, 6.07) is 0. The summed E-state index contributed by atoms with van der Waals surface area (Å²) in [7, 11) is -6.00. The highest BCUT2D eigenvalue weighted by Gasteiger charge is 2.20. The van der Waals surface area contributed by atoms with Crippen LogP contribution < -0.4 is 5.10 Å². The van der Waals surface area contributed by atoms with E-state index < -0.39 is 7.25 Å². The Kier molecular flexibility index (Phi) is 4.00. The molecule has 0 saturated carbocycles. The fourth-order valence-corrected chi connectivity index (χ4v) is 0.181. The number of aromatic nitrogens is 4. The molecule has 0 fully saturated rings. The maximum Gasteiger partial charge on any atom is 0.673 e. The molecule has 4 nitrogen and oxygen atoms in total. The van der Waals surface area contributed by atoms with Crippen molar-refractivity contribution in [3.63, 3.8) is 0 Å². The molecular formula is C2H3BF4N4. The van der Waals surface area contributed by atoms with Crippen LogP contribution in [-0.2, 0) is 0 Å². The first-order valence-corrected chi connectivity index (χ1v) is 2.38. The number of nitrogens with zero attached hydrogens (tertiary/aromatic N) is 3. The highest BCUT2D eigenvalue weighted by molar-refractivity contribution is 6.50. The Balaban J connectivity index is 0.000000187. The zero-order chi connectivity index (χ0) is 8.74. The lowest BCUT2D eigenvalue weighted by molar-refractivity contribution is -0.465. The second kappa shape index (κ2) is 4.53. The number of H-pyrrole nitrogens is 1. The third-order valence-corrected chi connectivity index (χ3v) is 0.370. The van der Waals surface area contributed by atoms with E-state index in [-0.39, 0.29) is 0 Å². The van der Waals surface area contributed by atoms with Gasteiger partial charge in [-0.3, -0.25) is 0 Å². The lowest BCUT2D eigenvalue weighted by Crippen LogP contribution is -2.08. The van der Waals surface area contributed by atoms with Gasteiger partial charge in [0.1, 0.15) is 12.4 Å². The normalized spacial score (nSPS) is 9.82. The summed E-state index contributed by atoms with van der Waals surface area (Å²) in [6.07, 6.45) is 3.11. The Hall–Kier alpha value is -1.28. The molecule has 0 aliphatic rings. The van der Waals surface area contributed by atoms with Crippen molar-refractivity contribution in [2.24, 2.45) is 0 Å². The average Bonchev–Trinajstić information content (AvgIpc) is 1.88. The van der Waals surface area contributed by atoms with Gasteiger partial charge >= 0.3 is 7.25 Å². The van der Waals surface area contributed by atoms with Crippen molar-refractivity contribution >= 4 is 7.25 Å². The van der Waals surface area contributed by atoms with Gasteiger partial charge in [-0.25, -0.2) is 0 Å². The van der Waals surface area contributed by atoms with E-state index in [0.29, 0.717) is 0 Å². The standard InChI is InChI=1S/C2H2N4.BF4/c1-2-4-6-5-3-1;2-1(3,4)5/h1-2H;/q;-1/p+1. The molecule has 0 saturated heterocycles. The van der Waals surface area contributed by atoms with Crippen molar-refractivity contribution in [3.05, 3.63) is 12.4 Å². The molecule has 0 radical (unpaired) electrons. The predicted molar refractivity (Wildman–Crippen MR) is 26.6 cm³/mol. The molecule has 1 aromatic heterocycles. The van der Waals surface area contributed by atoms with E-state index in [1.54, 1.807) is 6.20 Å². The number of nitrogens with one attached hydrogen (secondary N) is 1. The van der Waals surface area contributed by atoms with Gasteiger partial charge in [-0.15, -0.1) is 5.10 Å². The molecule has 0 atom stereocenters. The van der Waals surface area contributed by atoms with Gasteiger partial charge in [0.15, 0.2) is 5.21 Å². The first-order valence-electron chi connectivity index (χ1n) is 2.38. The van der Waals surface area contributed by atoms with Crippen LogP contribution in [0.4, 0.5) is 17.3 Å². The molecule has 11 heavy (non-hydrogen) atoms. The molecule has 1 aromatic rings. The summed E-state index contributed by atoms with van der Waals surface area (Å²) in [5.41, 5.74) is 0. The molecule has 1 N–H and O–H groups in total. The molecule has 0 amide bonds. The number of rotatable bonds is 0. The van der Waals surface area contributed by atoms with Gasteiger partial charge in [0, 0.05) is 0 Å². The lowest BCUT2D eigenvalue weighted by atomic mass is 10.3. The summed E-state index contributed by atoms with van der Waals surface area (Å²) in [5.74, 6) is 0. The molecule has 0 bridgehead atoms. The molecule has 0 aliphatic carbocycles. The summed E-state index contributed by atoms with van der Waals surface area (Å²) in [6.45, 7) is 0. The number of halogens is 4. The average molecular weight is 170 g/mol. The first-order chi connectivity index (χ1) is 5.00. The van der Waals surface area contributed by atoms with Crippen molar-refractivity contribution in [2.45, 2.75) is 0 Å². The Morgan fingerprint density at radius 1 is 1.18 bits per heavy atom. The van der Waals surface area contributed by atoms with Crippen LogP contribution in [0.1, 0.15) is 0 Å². The topological polar surface area (TPSA) is 52.8 Å². The number of hydrogen-bond acceptors (Lipinski definition) is 3. The molecule has 0 unspecified atom stereocenters. The van der Waals surface area contributed by atoms with E-state index in [4.69, 9.17) is 0 Å². The highest BCUT2D eigenvalue weighted by atomic mass is 19.5. The molecule has 0 aliphatic heterocycles. The van der Waals surface area contributed by atoms with Crippen LogP contribution in [-0.4, -0.2) is 22.8 Å². The summed E-state index contributed by atoms with van der Waals surface area (Å²) >= 11 is 0. The van der Waals surface area contributed by atoms with Crippen molar-refractivity contribution in [1.82, 2.24) is 15.5 Å². The van der Waals surface area contributed by atoms with Crippen LogP contribution >= 0.6 is 0 Å². The minimum Gasteiger partial charge on any atom is -0.418 e. The molecule has 0 spiro atoms. The lowest BCUT2D eigenvalue weighted by Gasteiger charge is -1.94. The van der Waals surface area contributed by atoms with Crippen LogP contribution in [0, 0.1) is 0 Å². The summed E-state index contributed by atoms with van der Waals surface area (Å²) in [4.78, 5) is 0. The van der Waals surface area contributed by atoms with E-state index in [1.807, 2.05) is 0 Å². The third-order valence-electron chi connectivity index (χ3n) is 0.370. The van der Waals surface area contributed by atoms with Gasteiger partial charge in [-0.2, -0.15) is 0 Å². The van der Waals surface area contributed by atoms with Crippen LogP contribution in [0.2, 0.25) is 0 Å². The van der Waals surface area contributed by atoms with Crippen LogP contribution in [0.15, 0.2) is 12.4 Å². The smallest absolute Gasteiger partial charge is 0.418 e. The SMILES string of the molecule is F[B-](F)(F)F.c1c[nH+]nnn1. The van der Waals surface area contributed by atoms with Crippen LogP contribution in [0.3, 0.4) is 0 Å². The minimum atomic E-state index is -6.00. The molecule has 1 rings (SSSR count). The van der Waals surface area contributed by atoms with Crippen molar-refractivity contribution in [3.8, 4) is 0 Å². The van der Waals surface area contributed by atoms with Gasteiger partial charge in [-0.1, -0.05) is 0 Å². The van der Waals surface area contributed by atoms with E-state index in [2.05, 4.69) is 20.6 Å². The Bertz CT molecular complexity index is 144. The van der Waals surface area contributed by atoms with Crippen molar-refractivity contribution in [2.75, 3.05) is 0 Å². The maximum atomic E-state index is 9.75. The molecule has 0 aromatic carbocycles. The Morgan fingerprint density at radius 2 is 1.73 bits per heavy atom. The highest BCUT2D eigenvalue weighted by Crippen LogP contribution is 2.06. The van der Waals surface area contributed by atoms with E-state index >= 15 is 0 Å². The second-order valence-electron chi connectivity index (χ2n) is 1.24. The van der Waals surface area contributed by atoms with Gasteiger partial charge < -0.3 is 17.3 Å². The minimum absolute atomic E-state index is 1.52. The largest absolute Gasteiger partial charge is 0.673 e. The van der Waals surface area contributed by atoms with E-state index in [9.17, 15) is 17.3 Å². The van der Waals surface area contributed by atoms with Crippen molar-refractivity contribution in [1.29, 1.82) is 0 Å². The zero-order valence-corrected chi connectivity index (χ0v) is 5.09. The van der Waals surface area contributed by atoms with Gasteiger partial charge in [0.2, 0.25) is 5.21 Å². The molecule has 1 heterocycles. The zero-order valence-electron chi connectivity index (χ0n) is 5.09. The second-order valence-corrected chi connectivity index (χ2v) is 1.24. The summed E-state index contributed by atoms with van der Waals surface area (Å²) in [5, 5.41) is 12.4. The first kappa shape index (κ1) is 9.72. The van der Waals surface area contributed by atoms with E-state index in [1.165, 1.54) is 6.20 Å². The van der Waals surface area contributed by atoms with Crippen LogP contribution in [0.25, 0.3) is 0 Å². The van der Waals surface area contributed by atoms with Gasteiger partial charge in [-0.05, 0) is 5.10 Å². The van der Waals surface area contributed by atoms with Crippen molar-refractivity contribution < 1.29 is 22.4 Å². The quantitative estimate of drug-likeness (QED) is 0.406. The van der Waals surface area contributed by atoms with Gasteiger partial charge in [0.05, 0.1) is 0 Å². The number of aromatic amines is 1. The van der Waals surface area contributed by atoms with Crippen LogP contribution in [0.5, 0.6) is 0 Å². The number of hydrogen-bond donors (Lipinski definition) is 0. The summed E-state index contributed by atoms with van der Waals surface area (Å²) < 4.78 is 39.0. The molecule has 9 heteroatoms. The fraction of sp³-hybridized carbons (Fsp3) is 0. The van der Waals surface area contributed by atoms with E-state index in [0.717, 1.165) is 0 Å². The monoisotopic (exact) mass is 170 g/mol. The van der Waals surface area contributed by atoms with Gasteiger partial charge in [0.25, 0.3) is 0 Å². The Morgan fingerprint density at radius 3 is 1.82 bits per heavy atom.